The molecule has 8 heteroatoms. The van der Waals surface area contributed by atoms with E-state index in [0.29, 0.717) is 23.9 Å². The largest absolute Gasteiger partial charge is 0.492 e. The molecule has 1 heterocycles. The highest BCUT2D eigenvalue weighted by molar-refractivity contribution is 6.06. The topological polar surface area (TPSA) is 83.0 Å². The smallest absolute Gasteiger partial charge is 0.242 e. The first-order valence-corrected chi connectivity index (χ1v) is 11.2. The van der Waals surface area contributed by atoms with Crippen LogP contribution in [0, 0.1) is 0 Å². The summed E-state index contributed by atoms with van der Waals surface area (Å²) >= 11 is 0. The van der Waals surface area contributed by atoms with Gasteiger partial charge in [-0.2, -0.15) is 0 Å². The number of amides is 1. The standard InChI is InChI=1S/C24H38N6O2/c1-9-18(32-14-13-29(6)7)15-21(25-5)22-27-20-12-10-11-19(20)23(28-22)30(8)17(4)24(31)26-16(2)3/h9,15-17H,1,10-14H2,2-8H3,(H,26,31)/b18-15+,25-21?. The third kappa shape index (κ3) is 6.63. The van der Waals surface area contributed by atoms with Crippen molar-refractivity contribution in [2.24, 2.45) is 4.99 Å². The Bertz CT molecular complexity index is 875. The van der Waals surface area contributed by atoms with Crippen molar-refractivity contribution in [2.75, 3.05) is 46.2 Å². The minimum absolute atomic E-state index is 0.0260. The summed E-state index contributed by atoms with van der Waals surface area (Å²) in [4.78, 5) is 30.7. The monoisotopic (exact) mass is 442 g/mol. The molecule has 176 valence electrons. The van der Waals surface area contributed by atoms with Gasteiger partial charge in [-0.3, -0.25) is 9.79 Å². The van der Waals surface area contributed by atoms with Crippen molar-refractivity contribution in [3.05, 3.63) is 41.6 Å². The molecule has 0 fully saturated rings. The van der Waals surface area contributed by atoms with Gasteiger partial charge in [0.2, 0.25) is 5.91 Å². The van der Waals surface area contributed by atoms with Crippen molar-refractivity contribution in [3.8, 4) is 0 Å². The van der Waals surface area contributed by atoms with E-state index in [4.69, 9.17) is 14.7 Å². The number of aromatic nitrogens is 2. The molecule has 0 saturated carbocycles. The van der Waals surface area contributed by atoms with Gasteiger partial charge in [-0.1, -0.05) is 6.58 Å². The van der Waals surface area contributed by atoms with Gasteiger partial charge in [-0.05, 0) is 60.2 Å². The van der Waals surface area contributed by atoms with E-state index in [2.05, 4.69) is 21.8 Å². The predicted molar refractivity (Wildman–Crippen MR) is 130 cm³/mol. The second-order valence-corrected chi connectivity index (χ2v) is 8.61. The Kier molecular flexibility index (Phi) is 9.38. The van der Waals surface area contributed by atoms with Gasteiger partial charge in [0.25, 0.3) is 0 Å². The summed E-state index contributed by atoms with van der Waals surface area (Å²) in [5, 5.41) is 2.98. The first-order chi connectivity index (χ1) is 15.2. The van der Waals surface area contributed by atoms with Gasteiger partial charge in [0.1, 0.15) is 29.9 Å². The van der Waals surface area contributed by atoms with Crippen LogP contribution in [0.25, 0.3) is 0 Å². The van der Waals surface area contributed by atoms with Crippen molar-refractivity contribution in [1.82, 2.24) is 20.2 Å². The lowest BCUT2D eigenvalue weighted by molar-refractivity contribution is -0.122. The predicted octanol–water partition coefficient (Wildman–Crippen LogP) is 2.38. The molecule has 0 radical (unpaired) electrons. The molecule has 1 unspecified atom stereocenters. The molecule has 0 spiro atoms. The molecule has 1 aliphatic rings. The highest BCUT2D eigenvalue weighted by atomic mass is 16.5. The average molecular weight is 443 g/mol. The van der Waals surface area contributed by atoms with Crippen molar-refractivity contribution < 1.29 is 9.53 Å². The van der Waals surface area contributed by atoms with E-state index in [1.807, 2.05) is 52.9 Å². The third-order valence-corrected chi connectivity index (χ3v) is 5.39. The van der Waals surface area contributed by atoms with E-state index >= 15 is 0 Å². The van der Waals surface area contributed by atoms with E-state index in [0.717, 1.165) is 42.9 Å². The van der Waals surface area contributed by atoms with Crippen molar-refractivity contribution in [1.29, 1.82) is 0 Å². The zero-order valence-electron chi connectivity index (χ0n) is 20.6. The summed E-state index contributed by atoms with van der Waals surface area (Å²) < 4.78 is 5.83. The lowest BCUT2D eigenvalue weighted by atomic mass is 10.1. The number of allylic oxidation sites excluding steroid dienone is 2. The van der Waals surface area contributed by atoms with Crippen LogP contribution >= 0.6 is 0 Å². The summed E-state index contributed by atoms with van der Waals surface area (Å²) in [6.07, 6.45) is 6.32. The summed E-state index contributed by atoms with van der Waals surface area (Å²) in [5.74, 6) is 1.91. The van der Waals surface area contributed by atoms with Crippen LogP contribution in [-0.4, -0.2) is 79.9 Å². The van der Waals surface area contributed by atoms with E-state index in [1.54, 1.807) is 13.1 Å². The van der Waals surface area contributed by atoms with Crippen LogP contribution < -0.4 is 10.2 Å². The van der Waals surface area contributed by atoms with Gasteiger partial charge in [-0.15, -0.1) is 0 Å². The summed E-state index contributed by atoms with van der Waals surface area (Å²) in [7, 11) is 7.62. The minimum Gasteiger partial charge on any atom is -0.492 e. The van der Waals surface area contributed by atoms with E-state index in [-0.39, 0.29) is 18.0 Å². The van der Waals surface area contributed by atoms with Crippen LogP contribution in [0.5, 0.6) is 0 Å². The summed E-state index contributed by atoms with van der Waals surface area (Å²) in [6, 6.07) is -0.278. The second kappa shape index (κ2) is 11.8. The third-order valence-electron chi connectivity index (χ3n) is 5.39. The number of carbonyl (C=O) groups is 1. The van der Waals surface area contributed by atoms with Crippen LogP contribution in [0.4, 0.5) is 5.82 Å². The number of likely N-dealkylation sites (N-methyl/N-ethyl adjacent to an activating group) is 2. The molecule has 1 N–H and O–H groups in total. The molecule has 8 nitrogen and oxygen atoms in total. The summed E-state index contributed by atoms with van der Waals surface area (Å²) in [6.45, 7) is 11.0. The van der Waals surface area contributed by atoms with Gasteiger partial charge in [-0.25, -0.2) is 9.97 Å². The molecule has 0 bridgehead atoms. The zero-order chi connectivity index (χ0) is 23.8. The van der Waals surface area contributed by atoms with Gasteiger partial charge in [0, 0.05) is 44.0 Å². The van der Waals surface area contributed by atoms with Crippen molar-refractivity contribution >= 4 is 17.4 Å². The molecule has 2 rings (SSSR count). The van der Waals surface area contributed by atoms with Gasteiger partial charge in [0.15, 0.2) is 5.82 Å². The lowest BCUT2D eigenvalue weighted by Crippen LogP contribution is -2.46. The molecular weight excluding hydrogens is 404 g/mol. The molecular formula is C24H38N6O2. The number of aliphatic imine (C=N–C) groups is 1. The zero-order valence-corrected chi connectivity index (χ0v) is 20.6. The Morgan fingerprint density at radius 3 is 2.56 bits per heavy atom. The van der Waals surface area contributed by atoms with Gasteiger partial charge >= 0.3 is 0 Å². The number of carbonyl (C=O) groups excluding carboxylic acids is 1. The molecule has 1 atom stereocenters. The van der Waals surface area contributed by atoms with Gasteiger partial charge < -0.3 is 19.9 Å². The molecule has 1 aromatic rings. The molecule has 1 aliphatic carbocycles. The van der Waals surface area contributed by atoms with E-state index < -0.39 is 0 Å². The molecule has 0 aliphatic heterocycles. The number of rotatable bonds is 11. The van der Waals surface area contributed by atoms with Crippen LogP contribution in [0.2, 0.25) is 0 Å². The molecule has 1 aromatic heterocycles. The lowest BCUT2D eigenvalue weighted by Gasteiger charge is -2.28. The van der Waals surface area contributed by atoms with Crippen molar-refractivity contribution in [3.63, 3.8) is 0 Å². The Balaban J connectivity index is 2.37. The Morgan fingerprint density at radius 1 is 1.25 bits per heavy atom. The SMILES string of the molecule is C=C/C(=C\C(=NC)c1nc2c(c(N(C)C(C)C(=O)NC(C)C)n1)CCC2)OCCN(C)C. The minimum atomic E-state index is -0.361. The number of nitrogens with zero attached hydrogens (tertiary/aromatic N) is 5. The number of nitrogens with one attached hydrogen (secondary N) is 1. The first-order valence-electron chi connectivity index (χ1n) is 11.2. The van der Waals surface area contributed by atoms with Crippen LogP contribution in [-0.2, 0) is 22.4 Å². The second-order valence-electron chi connectivity index (χ2n) is 8.61. The van der Waals surface area contributed by atoms with E-state index in [1.165, 1.54) is 0 Å². The fraction of sp³-hybridized carbons (Fsp3) is 0.583. The van der Waals surface area contributed by atoms with Crippen molar-refractivity contribution in [2.45, 2.75) is 52.1 Å². The number of hydrogen-bond donors (Lipinski definition) is 1. The van der Waals surface area contributed by atoms with Crippen LogP contribution in [0.1, 0.15) is 44.3 Å². The Hall–Kier alpha value is -2.74. The number of aryl methyl sites for hydroxylation is 1. The molecule has 0 saturated heterocycles. The quantitative estimate of drug-likeness (QED) is 0.322. The highest BCUT2D eigenvalue weighted by Crippen LogP contribution is 2.29. The average Bonchev–Trinajstić information content (AvgIpc) is 3.22. The van der Waals surface area contributed by atoms with Crippen LogP contribution in [0.15, 0.2) is 29.5 Å². The maximum Gasteiger partial charge on any atom is 0.242 e. The Morgan fingerprint density at radius 2 is 1.97 bits per heavy atom. The fourth-order valence-electron chi connectivity index (χ4n) is 3.45. The maximum absolute atomic E-state index is 12.6. The number of hydrogen-bond acceptors (Lipinski definition) is 7. The van der Waals surface area contributed by atoms with Gasteiger partial charge in [0.05, 0.1) is 0 Å². The maximum atomic E-state index is 12.6. The molecule has 0 aromatic carbocycles. The molecule has 32 heavy (non-hydrogen) atoms. The molecule has 1 amide bonds. The first kappa shape index (κ1) is 25.5. The number of fused-ring (bicyclic) bond motifs is 1. The summed E-state index contributed by atoms with van der Waals surface area (Å²) in [5.41, 5.74) is 2.76. The Labute approximate surface area is 192 Å². The highest BCUT2D eigenvalue weighted by Gasteiger charge is 2.27. The van der Waals surface area contributed by atoms with E-state index in [9.17, 15) is 4.79 Å². The number of ether oxygens (including phenoxy) is 1. The normalized spacial score (nSPS) is 15.0. The fourth-order valence-corrected chi connectivity index (χ4v) is 3.45. The van der Waals surface area contributed by atoms with Crippen LogP contribution in [0.3, 0.4) is 0 Å². The number of anilines is 1.